The number of anilines is 1. The first-order chi connectivity index (χ1) is 10.1. The second-order valence-corrected chi connectivity index (χ2v) is 6.54. The predicted molar refractivity (Wildman–Crippen MR) is 89.0 cm³/mol. The number of carbonyl (C=O) groups is 1. The van der Waals surface area contributed by atoms with E-state index in [2.05, 4.69) is 11.6 Å². The smallest absolute Gasteiger partial charge is 0.251 e. The fourth-order valence-electron chi connectivity index (χ4n) is 2.71. The molecular formula is C16H24N2O2S. The van der Waals surface area contributed by atoms with Gasteiger partial charge in [-0.3, -0.25) is 4.79 Å². The van der Waals surface area contributed by atoms with E-state index < -0.39 is 0 Å². The number of hydrogen-bond donors (Lipinski definition) is 2. The monoisotopic (exact) mass is 308 g/mol. The summed E-state index contributed by atoms with van der Waals surface area (Å²) in [5.74, 6) is 0.588. The Morgan fingerprint density at radius 2 is 2.05 bits per heavy atom. The molecule has 0 unspecified atom stereocenters. The summed E-state index contributed by atoms with van der Waals surface area (Å²) in [7, 11) is 0. The van der Waals surface area contributed by atoms with E-state index >= 15 is 0 Å². The molecule has 1 aliphatic carbocycles. The molecule has 1 amide bonds. The minimum absolute atomic E-state index is 0.0594. The van der Waals surface area contributed by atoms with Crippen LogP contribution in [0.4, 0.5) is 5.69 Å². The van der Waals surface area contributed by atoms with Gasteiger partial charge in [0.05, 0.1) is 6.61 Å². The standard InChI is InChI=1S/C16H24N2O2S/c1-3-20-14-9-11(8-12(17)10-14)16(19)18-13-4-6-15(21-2)7-5-13/h8-10,13,15H,3-7,17H2,1-2H3,(H,18,19). The van der Waals surface area contributed by atoms with Crippen LogP contribution in [0, 0.1) is 0 Å². The van der Waals surface area contributed by atoms with Gasteiger partial charge >= 0.3 is 0 Å². The van der Waals surface area contributed by atoms with Gasteiger partial charge in [-0.1, -0.05) is 0 Å². The van der Waals surface area contributed by atoms with Gasteiger partial charge in [0, 0.05) is 28.6 Å². The van der Waals surface area contributed by atoms with Crippen molar-refractivity contribution in [1.29, 1.82) is 0 Å². The number of thioether (sulfide) groups is 1. The molecule has 5 heteroatoms. The van der Waals surface area contributed by atoms with E-state index in [4.69, 9.17) is 10.5 Å². The van der Waals surface area contributed by atoms with Crippen LogP contribution >= 0.6 is 11.8 Å². The molecule has 21 heavy (non-hydrogen) atoms. The highest BCUT2D eigenvalue weighted by atomic mass is 32.2. The zero-order valence-electron chi connectivity index (χ0n) is 12.7. The molecule has 0 atom stereocenters. The maximum atomic E-state index is 12.3. The van der Waals surface area contributed by atoms with Gasteiger partial charge in [-0.15, -0.1) is 0 Å². The van der Waals surface area contributed by atoms with Crippen LogP contribution in [0.1, 0.15) is 43.0 Å². The predicted octanol–water partition coefficient (Wildman–Crippen LogP) is 3.07. The Bertz CT molecular complexity index is 485. The number of nitrogens with one attached hydrogen (secondary N) is 1. The van der Waals surface area contributed by atoms with Crippen LogP contribution in [-0.2, 0) is 0 Å². The Kier molecular flexibility index (Phi) is 5.79. The summed E-state index contributed by atoms with van der Waals surface area (Å²) in [5, 5.41) is 3.86. The number of hydrogen-bond acceptors (Lipinski definition) is 4. The molecule has 1 aliphatic rings. The largest absolute Gasteiger partial charge is 0.494 e. The molecule has 0 aromatic heterocycles. The third-order valence-corrected chi connectivity index (χ3v) is 4.98. The molecule has 0 heterocycles. The molecule has 4 nitrogen and oxygen atoms in total. The number of nitrogens with two attached hydrogens (primary N) is 1. The summed E-state index contributed by atoms with van der Waals surface area (Å²) < 4.78 is 5.43. The Hall–Kier alpha value is -1.36. The lowest BCUT2D eigenvalue weighted by atomic mass is 9.94. The molecule has 1 fully saturated rings. The zero-order chi connectivity index (χ0) is 15.2. The lowest BCUT2D eigenvalue weighted by molar-refractivity contribution is 0.0927. The maximum Gasteiger partial charge on any atom is 0.251 e. The quantitative estimate of drug-likeness (QED) is 0.821. The molecule has 0 spiro atoms. The Labute approximate surface area is 130 Å². The second kappa shape index (κ2) is 7.59. The van der Waals surface area contributed by atoms with E-state index in [1.54, 1.807) is 18.2 Å². The first-order valence-corrected chi connectivity index (χ1v) is 8.78. The van der Waals surface area contributed by atoms with E-state index in [0.29, 0.717) is 23.6 Å². The normalized spacial score (nSPS) is 21.8. The number of nitrogen functional groups attached to an aromatic ring is 1. The molecular weight excluding hydrogens is 284 g/mol. The molecule has 3 N–H and O–H groups in total. The molecule has 1 saturated carbocycles. The third kappa shape index (κ3) is 4.56. The van der Waals surface area contributed by atoms with Gasteiger partial charge in [0.1, 0.15) is 5.75 Å². The van der Waals surface area contributed by atoms with Crippen molar-refractivity contribution in [3.8, 4) is 5.75 Å². The average molecular weight is 308 g/mol. The van der Waals surface area contributed by atoms with Crippen molar-refractivity contribution in [2.45, 2.75) is 43.9 Å². The molecule has 1 aromatic carbocycles. The van der Waals surface area contributed by atoms with Gasteiger partial charge in [0.2, 0.25) is 0 Å². The Morgan fingerprint density at radius 1 is 1.33 bits per heavy atom. The van der Waals surface area contributed by atoms with Crippen LogP contribution < -0.4 is 15.8 Å². The summed E-state index contributed by atoms with van der Waals surface area (Å²) in [6.45, 7) is 2.47. The van der Waals surface area contributed by atoms with Crippen LogP contribution in [-0.4, -0.2) is 30.1 Å². The Balaban J connectivity index is 1.97. The highest BCUT2D eigenvalue weighted by Crippen LogP contribution is 2.27. The number of ether oxygens (including phenoxy) is 1. The molecule has 0 aliphatic heterocycles. The van der Waals surface area contributed by atoms with E-state index in [9.17, 15) is 4.79 Å². The molecule has 0 saturated heterocycles. The lowest BCUT2D eigenvalue weighted by Gasteiger charge is -2.28. The SMILES string of the molecule is CCOc1cc(N)cc(C(=O)NC2CCC(SC)CC2)c1. The molecule has 1 aromatic rings. The van der Waals surface area contributed by atoms with Gasteiger partial charge in [0.25, 0.3) is 5.91 Å². The molecule has 0 radical (unpaired) electrons. The molecule has 116 valence electrons. The van der Waals surface area contributed by atoms with Gasteiger partial charge in [-0.05, 0) is 51.0 Å². The van der Waals surface area contributed by atoms with Crippen molar-refractivity contribution < 1.29 is 9.53 Å². The highest BCUT2D eigenvalue weighted by molar-refractivity contribution is 7.99. The van der Waals surface area contributed by atoms with Crippen LogP contribution in [0.15, 0.2) is 18.2 Å². The maximum absolute atomic E-state index is 12.3. The van der Waals surface area contributed by atoms with Crippen molar-refractivity contribution in [1.82, 2.24) is 5.32 Å². The van der Waals surface area contributed by atoms with Crippen LogP contribution in [0.3, 0.4) is 0 Å². The van der Waals surface area contributed by atoms with Crippen molar-refractivity contribution in [2.24, 2.45) is 0 Å². The fraction of sp³-hybridized carbons (Fsp3) is 0.562. The first-order valence-electron chi connectivity index (χ1n) is 7.49. The lowest BCUT2D eigenvalue weighted by Crippen LogP contribution is -2.38. The van der Waals surface area contributed by atoms with Crippen LogP contribution in [0.5, 0.6) is 5.75 Å². The summed E-state index contributed by atoms with van der Waals surface area (Å²) in [4.78, 5) is 12.3. The van der Waals surface area contributed by atoms with Crippen LogP contribution in [0.2, 0.25) is 0 Å². The van der Waals surface area contributed by atoms with Gasteiger partial charge < -0.3 is 15.8 Å². The third-order valence-electron chi connectivity index (χ3n) is 3.84. The van der Waals surface area contributed by atoms with E-state index in [1.807, 2.05) is 18.7 Å². The number of benzene rings is 1. The van der Waals surface area contributed by atoms with Gasteiger partial charge in [-0.25, -0.2) is 0 Å². The van der Waals surface area contributed by atoms with Gasteiger partial charge in [0.15, 0.2) is 0 Å². The van der Waals surface area contributed by atoms with E-state index in [-0.39, 0.29) is 11.9 Å². The highest BCUT2D eigenvalue weighted by Gasteiger charge is 2.22. The van der Waals surface area contributed by atoms with E-state index in [1.165, 1.54) is 12.8 Å². The molecule has 0 bridgehead atoms. The summed E-state index contributed by atoms with van der Waals surface area (Å²) in [6.07, 6.45) is 6.61. The summed E-state index contributed by atoms with van der Waals surface area (Å²) in [5.41, 5.74) is 6.96. The zero-order valence-corrected chi connectivity index (χ0v) is 13.5. The van der Waals surface area contributed by atoms with Crippen molar-refractivity contribution >= 4 is 23.4 Å². The fourth-order valence-corrected chi connectivity index (χ4v) is 3.46. The number of carbonyl (C=O) groups excluding carboxylic acids is 1. The number of amides is 1. The first kappa shape index (κ1) is 16.0. The minimum Gasteiger partial charge on any atom is -0.494 e. The van der Waals surface area contributed by atoms with Gasteiger partial charge in [-0.2, -0.15) is 11.8 Å². The van der Waals surface area contributed by atoms with E-state index in [0.717, 1.165) is 18.1 Å². The van der Waals surface area contributed by atoms with Crippen LogP contribution in [0.25, 0.3) is 0 Å². The minimum atomic E-state index is -0.0594. The Morgan fingerprint density at radius 3 is 2.67 bits per heavy atom. The molecule has 2 rings (SSSR count). The number of rotatable bonds is 5. The van der Waals surface area contributed by atoms with Crippen molar-refractivity contribution in [2.75, 3.05) is 18.6 Å². The second-order valence-electron chi connectivity index (χ2n) is 5.41. The topological polar surface area (TPSA) is 64.3 Å². The van der Waals surface area contributed by atoms with Crippen molar-refractivity contribution in [3.05, 3.63) is 23.8 Å². The summed E-state index contributed by atoms with van der Waals surface area (Å²) in [6, 6.07) is 5.47. The van der Waals surface area contributed by atoms with Crippen molar-refractivity contribution in [3.63, 3.8) is 0 Å². The average Bonchev–Trinajstić information content (AvgIpc) is 2.48. The summed E-state index contributed by atoms with van der Waals surface area (Å²) >= 11 is 1.93.